The minimum atomic E-state index is -4.48. The van der Waals surface area contributed by atoms with Crippen LogP contribution in [0, 0.1) is 10.1 Å². The quantitative estimate of drug-likeness (QED) is 0.447. The molecule has 2 rings (SSSR count). The van der Waals surface area contributed by atoms with Crippen LogP contribution >= 0.6 is 0 Å². The van der Waals surface area contributed by atoms with Crippen molar-refractivity contribution in [3.63, 3.8) is 0 Å². The third kappa shape index (κ3) is 4.65. The lowest BCUT2D eigenvalue weighted by molar-refractivity contribution is -0.483. The van der Waals surface area contributed by atoms with Gasteiger partial charge < -0.3 is 0 Å². The van der Waals surface area contributed by atoms with E-state index in [-0.39, 0.29) is 12.2 Å². The van der Waals surface area contributed by atoms with Crippen LogP contribution in [0.3, 0.4) is 0 Å². The first-order valence-corrected chi connectivity index (χ1v) is 7.14. The second-order valence-corrected chi connectivity index (χ2v) is 5.33. The molecule has 0 aliphatic carbocycles. The predicted molar refractivity (Wildman–Crippen MR) is 81.4 cm³/mol. The highest BCUT2D eigenvalue weighted by Crippen LogP contribution is 2.31. The standard InChI is InChI=1S/C17H14F3NO3/c18-17(19,20)15-8-6-12(7-9-15)14(11-21(23)24)10-16(22)13-4-2-1-3-5-13/h1-9,14H,10-11H2/t14-/m1/s1. The normalized spacial score (nSPS) is 12.6. The second kappa shape index (κ2) is 7.25. The monoisotopic (exact) mass is 337 g/mol. The van der Waals surface area contributed by atoms with Gasteiger partial charge in [-0.2, -0.15) is 13.2 Å². The van der Waals surface area contributed by atoms with Gasteiger partial charge in [0, 0.05) is 16.9 Å². The van der Waals surface area contributed by atoms with Crippen LogP contribution in [-0.4, -0.2) is 17.3 Å². The molecule has 0 aliphatic rings. The van der Waals surface area contributed by atoms with Crippen molar-refractivity contribution in [2.75, 3.05) is 6.54 Å². The van der Waals surface area contributed by atoms with Gasteiger partial charge in [0.1, 0.15) is 0 Å². The summed E-state index contributed by atoms with van der Waals surface area (Å²) in [6.45, 7) is -0.524. The Morgan fingerprint density at radius 3 is 2.12 bits per heavy atom. The third-order valence-corrected chi connectivity index (χ3v) is 3.61. The second-order valence-electron chi connectivity index (χ2n) is 5.33. The number of alkyl halides is 3. The van der Waals surface area contributed by atoms with Crippen molar-refractivity contribution in [2.45, 2.75) is 18.5 Å². The molecule has 0 unspecified atom stereocenters. The molecule has 0 radical (unpaired) electrons. The topological polar surface area (TPSA) is 60.2 Å². The van der Waals surface area contributed by atoms with Gasteiger partial charge in [-0.1, -0.05) is 42.5 Å². The van der Waals surface area contributed by atoms with Gasteiger partial charge in [0.25, 0.3) is 0 Å². The molecule has 0 spiro atoms. The van der Waals surface area contributed by atoms with E-state index in [1.807, 2.05) is 0 Å². The Morgan fingerprint density at radius 1 is 1.04 bits per heavy atom. The van der Waals surface area contributed by atoms with E-state index >= 15 is 0 Å². The summed E-state index contributed by atoms with van der Waals surface area (Å²) in [5.41, 5.74) is -0.0813. The number of nitro groups is 1. The molecule has 126 valence electrons. The zero-order chi connectivity index (χ0) is 17.7. The fraction of sp³-hybridized carbons (Fsp3) is 0.235. The maximum Gasteiger partial charge on any atom is 0.416 e. The SMILES string of the molecule is O=C(C[C@H](C[N+](=O)[O-])c1ccc(C(F)(F)F)cc1)c1ccccc1. The van der Waals surface area contributed by atoms with Crippen LogP contribution < -0.4 is 0 Å². The lowest BCUT2D eigenvalue weighted by Crippen LogP contribution is -2.17. The first kappa shape index (κ1) is 17.7. The van der Waals surface area contributed by atoms with Gasteiger partial charge in [-0.25, -0.2) is 0 Å². The Labute approximate surface area is 136 Å². The highest BCUT2D eigenvalue weighted by atomic mass is 19.4. The average Bonchev–Trinajstić information content (AvgIpc) is 2.54. The lowest BCUT2D eigenvalue weighted by atomic mass is 9.91. The van der Waals surface area contributed by atoms with Crippen molar-refractivity contribution >= 4 is 5.78 Å². The largest absolute Gasteiger partial charge is 0.416 e. The van der Waals surface area contributed by atoms with Gasteiger partial charge in [0.2, 0.25) is 6.54 Å². The molecule has 0 N–H and O–H groups in total. The minimum Gasteiger partial charge on any atom is -0.294 e. The van der Waals surface area contributed by atoms with Gasteiger partial charge in [-0.3, -0.25) is 14.9 Å². The maximum absolute atomic E-state index is 12.6. The van der Waals surface area contributed by atoms with Crippen LogP contribution in [0.4, 0.5) is 13.2 Å². The molecule has 2 aromatic rings. The van der Waals surface area contributed by atoms with Crippen LogP contribution in [0.2, 0.25) is 0 Å². The van der Waals surface area contributed by atoms with Crippen LogP contribution in [-0.2, 0) is 6.18 Å². The summed E-state index contributed by atoms with van der Waals surface area (Å²) < 4.78 is 37.8. The van der Waals surface area contributed by atoms with E-state index in [0.29, 0.717) is 11.1 Å². The number of Topliss-reactive ketones (excluding diaryl/α,β-unsaturated/α-hetero) is 1. The smallest absolute Gasteiger partial charge is 0.294 e. The molecule has 0 aromatic heterocycles. The summed E-state index contributed by atoms with van der Waals surface area (Å²) in [6.07, 6.45) is -4.62. The molecular formula is C17H14F3NO3. The number of nitrogens with zero attached hydrogens (tertiary/aromatic N) is 1. The maximum atomic E-state index is 12.6. The van der Waals surface area contributed by atoms with E-state index in [2.05, 4.69) is 0 Å². The molecule has 7 heteroatoms. The molecule has 0 aliphatic heterocycles. The van der Waals surface area contributed by atoms with Gasteiger partial charge in [-0.15, -0.1) is 0 Å². The Kier molecular flexibility index (Phi) is 5.33. The molecule has 0 bridgehead atoms. The number of hydrogen-bond acceptors (Lipinski definition) is 3. The average molecular weight is 337 g/mol. The minimum absolute atomic E-state index is 0.143. The number of ketones is 1. The molecule has 0 fully saturated rings. The van der Waals surface area contributed by atoms with E-state index in [0.717, 1.165) is 12.1 Å². The highest BCUT2D eigenvalue weighted by molar-refractivity contribution is 5.96. The highest BCUT2D eigenvalue weighted by Gasteiger charge is 2.31. The summed E-state index contributed by atoms with van der Waals surface area (Å²) in [7, 11) is 0. The molecule has 2 aromatic carbocycles. The number of carbonyl (C=O) groups is 1. The summed E-state index contributed by atoms with van der Waals surface area (Å²) in [5, 5.41) is 10.8. The Balaban J connectivity index is 2.22. The van der Waals surface area contributed by atoms with Crippen molar-refractivity contribution in [1.82, 2.24) is 0 Å². The van der Waals surface area contributed by atoms with E-state index in [4.69, 9.17) is 0 Å². The zero-order valence-corrected chi connectivity index (χ0v) is 12.5. The van der Waals surface area contributed by atoms with Crippen LogP contribution in [0.5, 0.6) is 0 Å². The van der Waals surface area contributed by atoms with Crippen molar-refractivity contribution in [2.24, 2.45) is 0 Å². The number of rotatable bonds is 6. The Morgan fingerprint density at radius 2 is 1.62 bits per heavy atom. The lowest BCUT2D eigenvalue weighted by Gasteiger charge is -2.14. The number of hydrogen-bond donors (Lipinski definition) is 0. The Hall–Kier alpha value is -2.70. The molecule has 24 heavy (non-hydrogen) atoms. The van der Waals surface area contributed by atoms with Gasteiger partial charge >= 0.3 is 6.18 Å². The van der Waals surface area contributed by atoms with Crippen LogP contribution in [0.15, 0.2) is 54.6 Å². The van der Waals surface area contributed by atoms with E-state index in [1.54, 1.807) is 30.3 Å². The fourth-order valence-electron chi connectivity index (χ4n) is 2.38. The van der Waals surface area contributed by atoms with E-state index in [1.165, 1.54) is 12.1 Å². The van der Waals surface area contributed by atoms with Crippen molar-refractivity contribution in [3.8, 4) is 0 Å². The summed E-state index contributed by atoms with van der Waals surface area (Å²) in [4.78, 5) is 22.5. The number of halogens is 3. The van der Waals surface area contributed by atoms with E-state index < -0.39 is 29.1 Å². The molecule has 0 amide bonds. The summed E-state index contributed by atoms with van der Waals surface area (Å²) in [5.74, 6) is -1.07. The van der Waals surface area contributed by atoms with Crippen LogP contribution in [0.1, 0.15) is 33.8 Å². The van der Waals surface area contributed by atoms with Gasteiger partial charge in [0.15, 0.2) is 5.78 Å². The predicted octanol–water partition coefficient (Wildman–Crippen LogP) is 4.34. The van der Waals surface area contributed by atoms with Crippen LogP contribution in [0.25, 0.3) is 0 Å². The third-order valence-electron chi connectivity index (χ3n) is 3.61. The molecule has 0 heterocycles. The van der Waals surface area contributed by atoms with Crippen molar-refractivity contribution in [1.29, 1.82) is 0 Å². The molecule has 4 nitrogen and oxygen atoms in total. The first-order valence-electron chi connectivity index (χ1n) is 7.14. The molecule has 0 saturated heterocycles. The van der Waals surface area contributed by atoms with Crippen molar-refractivity contribution < 1.29 is 22.9 Å². The summed E-state index contributed by atoms with van der Waals surface area (Å²) >= 11 is 0. The first-order chi connectivity index (χ1) is 11.3. The van der Waals surface area contributed by atoms with E-state index in [9.17, 15) is 28.1 Å². The van der Waals surface area contributed by atoms with Gasteiger partial charge in [0.05, 0.1) is 11.5 Å². The summed E-state index contributed by atoms with van der Waals surface area (Å²) in [6, 6.07) is 12.4. The van der Waals surface area contributed by atoms with Gasteiger partial charge in [-0.05, 0) is 17.7 Å². The number of carbonyl (C=O) groups excluding carboxylic acids is 1. The van der Waals surface area contributed by atoms with Crippen molar-refractivity contribution in [3.05, 3.63) is 81.4 Å². The zero-order valence-electron chi connectivity index (χ0n) is 12.5. The number of benzene rings is 2. The molecule has 1 atom stereocenters. The Bertz CT molecular complexity index is 712. The fourth-order valence-corrected chi connectivity index (χ4v) is 2.38. The molecular weight excluding hydrogens is 323 g/mol. The molecule has 0 saturated carbocycles.